The Morgan fingerprint density at radius 3 is 2.20 bits per heavy atom. The molecule has 0 spiro atoms. The number of phenolic OH excluding ortho intramolecular Hbond substituents is 2. The summed E-state index contributed by atoms with van der Waals surface area (Å²) in [5, 5.41) is 72.1. The van der Waals surface area contributed by atoms with Crippen LogP contribution in [0.15, 0.2) is 42.5 Å². The Morgan fingerprint density at radius 2 is 1.52 bits per heavy atom. The third kappa shape index (κ3) is 8.25. The first-order chi connectivity index (χ1) is 22.0. The molecule has 2 aliphatic heterocycles. The zero-order valence-corrected chi connectivity index (χ0v) is 25.4. The molecular weight excluding hydrogens is 612 g/mol. The molecule has 0 radical (unpaired) electrons. The van der Waals surface area contributed by atoms with Gasteiger partial charge in [-0.3, -0.25) is 0 Å². The number of ether oxygens (including phenoxy) is 7. The van der Waals surface area contributed by atoms with Crippen LogP contribution in [-0.4, -0.2) is 131 Å². The van der Waals surface area contributed by atoms with Gasteiger partial charge in [0, 0.05) is 6.08 Å². The monoisotopic (exact) mass is 652 g/mol. The van der Waals surface area contributed by atoms with E-state index in [1.807, 2.05) is 0 Å². The minimum atomic E-state index is -1.75. The van der Waals surface area contributed by atoms with Crippen LogP contribution >= 0.6 is 0 Å². The van der Waals surface area contributed by atoms with Crippen LogP contribution in [0.3, 0.4) is 0 Å². The number of methoxy groups -OCH3 is 2. The molecule has 0 bridgehead atoms. The largest absolute Gasteiger partial charge is 0.504 e. The number of aliphatic hydroxyl groups excluding tert-OH is 5. The maximum atomic E-state index is 12.9. The highest BCUT2D eigenvalue weighted by molar-refractivity contribution is 5.87. The van der Waals surface area contributed by atoms with Crippen LogP contribution in [-0.2, 0) is 34.9 Å². The van der Waals surface area contributed by atoms with Crippen molar-refractivity contribution in [2.75, 3.05) is 27.4 Å². The summed E-state index contributed by atoms with van der Waals surface area (Å²) in [6.07, 6.45) is -12.0. The lowest BCUT2D eigenvalue weighted by Gasteiger charge is -2.46. The summed E-state index contributed by atoms with van der Waals surface area (Å²) >= 11 is 0. The Kier molecular flexibility index (Phi) is 12.2. The Balaban J connectivity index is 1.52. The molecule has 15 heteroatoms. The summed E-state index contributed by atoms with van der Waals surface area (Å²) in [5.74, 6) is -0.622. The predicted octanol–water partition coefficient (Wildman–Crippen LogP) is -0.410. The second-order valence-electron chi connectivity index (χ2n) is 10.8. The molecule has 10 atom stereocenters. The number of esters is 1. The zero-order chi connectivity index (χ0) is 33.5. The number of hydrogen-bond donors (Lipinski definition) is 7. The molecule has 0 aromatic heterocycles. The Hall–Kier alpha value is -3.51. The summed E-state index contributed by atoms with van der Waals surface area (Å²) in [5.41, 5.74) is 1.22. The maximum Gasteiger partial charge on any atom is 0.331 e. The molecule has 2 fully saturated rings. The van der Waals surface area contributed by atoms with Crippen molar-refractivity contribution in [3.05, 3.63) is 53.6 Å². The van der Waals surface area contributed by atoms with Gasteiger partial charge in [0.1, 0.15) is 36.6 Å². The van der Waals surface area contributed by atoms with E-state index in [0.717, 1.165) is 11.6 Å². The van der Waals surface area contributed by atoms with E-state index in [1.54, 1.807) is 12.1 Å². The van der Waals surface area contributed by atoms with Gasteiger partial charge >= 0.3 is 5.97 Å². The van der Waals surface area contributed by atoms with Gasteiger partial charge in [-0.05, 0) is 54.8 Å². The summed E-state index contributed by atoms with van der Waals surface area (Å²) in [6, 6.07) is 9.10. The van der Waals surface area contributed by atoms with Crippen molar-refractivity contribution >= 4 is 12.0 Å². The normalized spacial score (nSPS) is 31.5. The van der Waals surface area contributed by atoms with Gasteiger partial charge in [0.2, 0.25) is 0 Å². The number of rotatable bonds is 12. The molecule has 2 aliphatic rings. The average Bonchev–Trinajstić information content (AvgIpc) is 3.05. The molecule has 254 valence electrons. The number of carbonyl (C=O) groups is 1. The van der Waals surface area contributed by atoms with Crippen LogP contribution in [0.5, 0.6) is 23.0 Å². The molecule has 4 rings (SSSR count). The predicted molar refractivity (Wildman–Crippen MR) is 157 cm³/mol. The highest BCUT2D eigenvalue weighted by Crippen LogP contribution is 2.32. The first-order valence-electron chi connectivity index (χ1n) is 14.5. The van der Waals surface area contributed by atoms with E-state index in [-0.39, 0.29) is 29.6 Å². The van der Waals surface area contributed by atoms with Crippen LogP contribution in [0, 0.1) is 0 Å². The maximum absolute atomic E-state index is 12.9. The second kappa shape index (κ2) is 15.9. The number of phenols is 2. The van der Waals surface area contributed by atoms with Gasteiger partial charge in [-0.15, -0.1) is 0 Å². The summed E-state index contributed by atoms with van der Waals surface area (Å²) in [6.45, 7) is 0.733. The van der Waals surface area contributed by atoms with E-state index in [9.17, 15) is 40.5 Å². The van der Waals surface area contributed by atoms with Crippen molar-refractivity contribution in [2.24, 2.45) is 0 Å². The third-order valence-electron chi connectivity index (χ3n) is 7.68. The molecule has 0 saturated carbocycles. The van der Waals surface area contributed by atoms with E-state index >= 15 is 0 Å². The number of carbonyl (C=O) groups excluding carboxylic acids is 1. The molecule has 7 N–H and O–H groups in total. The molecule has 2 heterocycles. The fraction of sp³-hybridized carbons (Fsp3) is 0.516. The summed E-state index contributed by atoms with van der Waals surface area (Å²) < 4.78 is 38.7. The molecule has 46 heavy (non-hydrogen) atoms. The highest BCUT2D eigenvalue weighted by Gasteiger charge is 2.52. The van der Waals surface area contributed by atoms with Crippen molar-refractivity contribution in [3.63, 3.8) is 0 Å². The molecule has 2 aromatic carbocycles. The van der Waals surface area contributed by atoms with Crippen molar-refractivity contribution in [2.45, 2.75) is 74.8 Å². The van der Waals surface area contributed by atoms with Gasteiger partial charge in [-0.25, -0.2) is 4.79 Å². The number of benzene rings is 2. The second-order valence-corrected chi connectivity index (χ2v) is 10.8. The molecule has 15 nitrogen and oxygen atoms in total. The van der Waals surface area contributed by atoms with Crippen LogP contribution < -0.4 is 9.47 Å². The Bertz CT molecular complexity index is 1340. The van der Waals surface area contributed by atoms with Gasteiger partial charge < -0.3 is 68.9 Å². The van der Waals surface area contributed by atoms with Gasteiger partial charge in [0.15, 0.2) is 41.7 Å². The quantitative estimate of drug-likeness (QED) is 0.114. The number of hydrogen-bond acceptors (Lipinski definition) is 15. The zero-order valence-electron chi connectivity index (χ0n) is 25.4. The summed E-state index contributed by atoms with van der Waals surface area (Å²) in [7, 11) is 2.78. The summed E-state index contributed by atoms with van der Waals surface area (Å²) in [4.78, 5) is 12.9. The van der Waals surface area contributed by atoms with E-state index in [0.29, 0.717) is 12.0 Å². The van der Waals surface area contributed by atoms with E-state index in [1.165, 1.54) is 51.5 Å². The van der Waals surface area contributed by atoms with Gasteiger partial charge in [-0.1, -0.05) is 12.1 Å². The van der Waals surface area contributed by atoms with Gasteiger partial charge in [0.05, 0.1) is 33.5 Å². The van der Waals surface area contributed by atoms with E-state index < -0.39 is 74.0 Å². The smallest absolute Gasteiger partial charge is 0.331 e. The highest BCUT2D eigenvalue weighted by atomic mass is 16.7. The fourth-order valence-corrected chi connectivity index (χ4v) is 5.06. The van der Waals surface area contributed by atoms with Crippen molar-refractivity contribution in [1.82, 2.24) is 0 Å². The lowest BCUT2D eigenvalue weighted by molar-refractivity contribution is -0.357. The van der Waals surface area contributed by atoms with Crippen LogP contribution in [0.2, 0.25) is 0 Å². The van der Waals surface area contributed by atoms with Crippen LogP contribution in [0.25, 0.3) is 6.08 Å². The van der Waals surface area contributed by atoms with Crippen LogP contribution in [0.4, 0.5) is 0 Å². The third-order valence-corrected chi connectivity index (χ3v) is 7.68. The Labute approximate surface area is 264 Å². The topological polar surface area (TPSA) is 223 Å². The minimum Gasteiger partial charge on any atom is -0.504 e. The van der Waals surface area contributed by atoms with Crippen LogP contribution in [0.1, 0.15) is 18.1 Å². The lowest BCUT2D eigenvalue weighted by atomic mass is 9.97. The van der Waals surface area contributed by atoms with Gasteiger partial charge in [-0.2, -0.15) is 0 Å². The first kappa shape index (κ1) is 35.3. The number of aliphatic hydroxyl groups is 5. The fourth-order valence-electron chi connectivity index (χ4n) is 5.06. The standard InChI is InChI=1S/C31H40O15/c1-15-24(36)25(37)26(38)31(43-15)46-29-27(39)30(42-11-10-17-5-8-19(34)21(13-17)41-3)44-22(14-32)28(29)45-23(35)9-6-16-4-7-18(33)20(12-16)40-2/h4-9,12-13,15,22,24-34,36-39H,10-11,14H2,1-3H3/t15-,22+,24+,25-,26-,27-,28-,29-,30+,31-/m0/s1. The van der Waals surface area contributed by atoms with Crippen molar-refractivity contribution < 1.29 is 73.7 Å². The van der Waals surface area contributed by atoms with Crippen molar-refractivity contribution in [1.29, 1.82) is 0 Å². The lowest BCUT2D eigenvalue weighted by Crippen LogP contribution is -2.65. The molecule has 2 saturated heterocycles. The molecule has 0 aliphatic carbocycles. The SMILES string of the molecule is COc1cc(C=CC(=O)O[C@@H]2[C@@H](O[C@@H]3O[C@@H](C)[C@@H](O)[C@H](O)[C@@H]3O)[C@H](O)[C@H](OCCc3ccc(O)c(OC)c3)O[C@@H]2CO)ccc1O. The Morgan fingerprint density at radius 1 is 0.848 bits per heavy atom. The first-order valence-corrected chi connectivity index (χ1v) is 14.5. The van der Waals surface area contributed by atoms with E-state index in [2.05, 4.69) is 0 Å². The number of aromatic hydroxyl groups is 2. The molecule has 0 unspecified atom stereocenters. The molecule has 0 amide bonds. The van der Waals surface area contributed by atoms with Gasteiger partial charge in [0.25, 0.3) is 0 Å². The van der Waals surface area contributed by atoms with E-state index in [4.69, 9.17) is 33.2 Å². The van der Waals surface area contributed by atoms with Crippen molar-refractivity contribution in [3.8, 4) is 23.0 Å². The average molecular weight is 653 g/mol. The molecular formula is C31H40O15. The molecule has 2 aromatic rings. The minimum absolute atomic E-state index is 0.00565.